The van der Waals surface area contributed by atoms with Crippen LogP contribution in [0.3, 0.4) is 0 Å². The molecule has 0 aromatic carbocycles. The van der Waals surface area contributed by atoms with E-state index in [-0.39, 0.29) is 117 Å². The number of ether oxygens (including phenoxy) is 14. The first-order valence-electron chi connectivity index (χ1n) is 38.8. The van der Waals surface area contributed by atoms with E-state index in [4.69, 9.17) is 66.3 Å². The van der Waals surface area contributed by atoms with E-state index < -0.39 is 152 Å². The van der Waals surface area contributed by atoms with Crippen molar-refractivity contribution in [3.05, 3.63) is 0 Å². The third-order valence-corrected chi connectivity index (χ3v) is 16.2. The van der Waals surface area contributed by atoms with Gasteiger partial charge in [0.05, 0.1) is 99.9 Å². The lowest BCUT2D eigenvalue weighted by Crippen LogP contribution is -2.49. The summed E-state index contributed by atoms with van der Waals surface area (Å²) in [6, 6.07) is 0. The number of esters is 13. The van der Waals surface area contributed by atoms with Gasteiger partial charge < -0.3 is 66.3 Å². The molecule has 658 valence electrons. The highest BCUT2D eigenvalue weighted by molar-refractivity contribution is 5.81. The van der Waals surface area contributed by atoms with Crippen molar-refractivity contribution in [2.45, 2.75) is 283 Å². The highest BCUT2D eigenvalue weighted by Gasteiger charge is 2.47. The van der Waals surface area contributed by atoms with Crippen LogP contribution in [-0.4, -0.2) is 177 Å². The summed E-state index contributed by atoms with van der Waals surface area (Å²) in [5.74, 6) is -6.37. The molecular formula is C86H152O27. The molecule has 0 heterocycles. The molecule has 0 aliphatic carbocycles. The van der Waals surface area contributed by atoms with E-state index in [1.807, 2.05) is 6.92 Å². The number of hydrogen-bond donors (Lipinski definition) is 0. The van der Waals surface area contributed by atoms with Gasteiger partial charge in [-0.05, 0) is 276 Å². The monoisotopic (exact) mass is 1620 g/mol. The van der Waals surface area contributed by atoms with Gasteiger partial charge in [-0.2, -0.15) is 0 Å². The van der Waals surface area contributed by atoms with E-state index in [1.54, 1.807) is 270 Å². The molecule has 27 heteroatoms. The topological polar surface area (TPSA) is 351 Å². The fourth-order valence-electron chi connectivity index (χ4n) is 7.32. The third kappa shape index (κ3) is 43.6. The predicted octanol–water partition coefficient (Wildman–Crippen LogP) is 15.0. The summed E-state index contributed by atoms with van der Waals surface area (Å²) in [7, 11) is 0. The fraction of sp³-hybridized carbons (Fsp3) is 0.849. The van der Waals surface area contributed by atoms with Gasteiger partial charge in [0.1, 0.15) is 91.3 Å². The molecule has 0 radical (unpaired) electrons. The second kappa shape index (κ2) is 42.3. The summed E-state index contributed by atoms with van der Waals surface area (Å²) < 4.78 is 79.2. The molecule has 0 aliphatic rings. The Balaban J connectivity index is -0.00000173. The van der Waals surface area contributed by atoms with Crippen LogP contribution in [0.2, 0.25) is 0 Å². The SMILES string of the molecule is CC(C)(C)C(=O)OCC(COC(=O)C(C)(C)C)(COC(=O)C(C)(C)C)COC(=O)C(C)(C)C.CC(C)(C)C(=O)OCC(COCC(COC(=O)C(C)(C)C)(COC(=O)C(C)(C)C)COC(=O)C(C)(C)C)(COC(=O)C(C)(C)C)COC(=O)C(C)(C)C.CCC(COC(=O)C(C)(C)C)(COC(=O)C(C)(C)C)COC(=O)C(C)(C)C. The van der Waals surface area contributed by atoms with Gasteiger partial charge in [0.25, 0.3) is 0 Å². The average Bonchev–Trinajstić information content (AvgIpc) is 0.835. The van der Waals surface area contributed by atoms with Gasteiger partial charge in [0.2, 0.25) is 0 Å². The molecule has 0 saturated heterocycles. The van der Waals surface area contributed by atoms with E-state index in [9.17, 15) is 62.3 Å². The minimum Gasteiger partial charge on any atom is -0.464 e. The van der Waals surface area contributed by atoms with Crippen molar-refractivity contribution in [1.82, 2.24) is 0 Å². The van der Waals surface area contributed by atoms with Crippen molar-refractivity contribution in [3.63, 3.8) is 0 Å². The van der Waals surface area contributed by atoms with Crippen molar-refractivity contribution in [3.8, 4) is 0 Å². The van der Waals surface area contributed by atoms with Crippen LogP contribution in [0.1, 0.15) is 283 Å². The van der Waals surface area contributed by atoms with E-state index >= 15 is 0 Å². The van der Waals surface area contributed by atoms with Crippen molar-refractivity contribution in [2.24, 2.45) is 92.1 Å². The highest BCUT2D eigenvalue weighted by Crippen LogP contribution is 2.35. The molecule has 27 nitrogen and oxygen atoms in total. The Morgan fingerprint density at radius 2 is 0.221 bits per heavy atom. The molecule has 0 aromatic heterocycles. The smallest absolute Gasteiger partial charge is 0.311 e. The molecule has 0 atom stereocenters. The maximum atomic E-state index is 13.0. The summed E-state index contributed by atoms with van der Waals surface area (Å²) in [6.07, 6.45) is 0.513. The zero-order valence-corrected chi connectivity index (χ0v) is 77.3. The van der Waals surface area contributed by atoms with Gasteiger partial charge in [0.15, 0.2) is 0 Å². The zero-order valence-electron chi connectivity index (χ0n) is 77.3. The second-order valence-corrected chi connectivity index (χ2v) is 43.6. The van der Waals surface area contributed by atoms with Crippen molar-refractivity contribution in [2.75, 3.05) is 99.1 Å². The summed E-state index contributed by atoms with van der Waals surface area (Å²) >= 11 is 0. The lowest BCUT2D eigenvalue weighted by Gasteiger charge is -2.37. The molecule has 0 N–H and O–H groups in total. The minimum atomic E-state index is -1.43. The Bertz CT molecular complexity index is 2700. The molecule has 0 fully saturated rings. The normalized spacial score (nSPS) is 13.3. The molecule has 0 aliphatic heterocycles. The second-order valence-electron chi connectivity index (χ2n) is 43.6. The number of rotatable bonds is 31. The van der Waals surface area contributed by atoms with E-state index in [2.05, 4.69) is 0 Å². The van der Waals surface area contributed by atoms with E-state index in [1.165, 1.54) is 0 Å². The van der Waals surface area contributed by atoms with Gasteiger partial charge in [-0.3, -0.25) is 62.3 Å². The van der Waals surface area contributed by atoms with Gasteiger partial charge in [0, 0.05) is 0 Å². The van der Waals surface area contributed by atoms with Crippen LogP contribution in [0, 0.1) is 92.1 Å². The van der Waals surface area contributed by atoms with Gasteiger partial charge in [-0.15, -0.1) is 0 Å². The summed E-state index contributed by atoms with van der Waals surface area (Å²) in [5.41, 5.74) is -15.3. The van der Waals surface area contributed by atoms with Crippen LogP contribution in [0.25, 0.3) is 0 Å². The van der Waals surface area contributed by atoms with E-state index in [0.29, 0.717) is 6.42 Å². The van der Waals surface area contributed by atoms with Crippen LogP contribution >= 0.6 is 0 Å². The van der Waals surface area contributed by atoms with Crippen LogP contribution in [-0.2, 0) is 129 Å². The average molecular weight is 1620 g/mol. The lowest BCUT2D eigenvalue weighted by molar-refractivity contribution is -0.186. The quantitative estimate of drug-likeness (QED) is 0.0459. The highest BCUT2D eigenvalue weighted by atomic mass is 16.6. The number of carbonyl (C=O) groups is 13. The van der Waals surface area contributed by atoms with Crippen LogP contribution in [0.5, 0.6) is 0 Å². The maximum absolute atomic E-state index is 13.0. The van der Waals surface area contributed by atoms with Crippen molar-refractivity contribution in [1.29, 1.82) is 0 Å². The molecular weight excluding hydrogens is 1460 g/mol. The fourth-order valence-corrected chi connectivity index (χ4v) is 7.32. The molecule has 0 rings (SSSR count). The largest absolute Gasteiger partial charge is 0.464 e. The maximum Gasteiger partial charge on any atom is 0.311 e. The predicted molar refractivity (Wildman–Crippen MR) is 426 cm³/mol. The first-order valence-corrected chi connectivity index (χ1v) is 38.8. The zero-order chi connectivity index (χ0) is 90.2. The van der Waals surface area contributed by atoms with Crippen LogP contribution in [0.4, 0.5) is 0 Å². The first kappa shape index (κ1) is 110. The van der Waals surface area contributed by atoms with Crippen LogP contribution in [0.15, 0.2) is 0 Å². The Kier molecular flexibility index (Phi) is 41.2. The Labute approximate surface area is 677 Å². The van der Waals surface area contributed by atoms with Gasteiger partial charge >= 0.3 is 77.6 Å². The van der Waals surface area contributed by atoms with E-state index in [0.717, 1.165) is 0 Å². The number of hydrogen-bond acceptors (Lipinski definition) is 27. The number of carbonyl (C=O) groups excluding carboxylic acids is 13. The molecule has 0 bridgehead atoms. The first-order chi connectivity index (χ1) is 49.9. The minimum absolute atomic E-state index is 0.00838. The third-order valence-electron chi connectivity index (χ3n) is 16.2. The molecule has 0 spiro atoms. The molecule has 0 unspecified atom stereocenters. The van der Waals surface area contributed by atoms with Crippen molar-refractivity contribution >= 4 is 77.6 Å². The van der Waals surface area contributed by atoms with Crippen LogP contribution < -0.4 is 0 Å². The van der Waals surface area contributed by atoms with Gasteiger partial charge in [-0.25, -0.2) is 0 Å². The molecule has 113 heavy (non-hydrogen) atoms. The van der Waals surface area contributed by atoms with Gasteiger partial charge in [-0.1, -0.05) is 6.92 Å². The summed E-state index contributed by atoms with van der Waals surface area (Å²) in [5, 5.41) is 0. The Morgan fingerprint density at radius 1 is 0.142 bits per heavy atom. The summed E-state index contributed by atoms with van der Waals surface area (Å²) in [4.78, 5) is 164. The molecule has 0 amide bonds. The summed E-state index contributed by atoms with van der Waals surface area (Å²) in [6.45, 7) is 64.5. The Morgan fingerprint density at radius 3 is 0.301 bits per heavy atom. The Hall–Kier alpha value is -6.93. The molecule has 0 saturated carbocycles. The van der Waals surface area contributed by atoms with Crippen molar-refractivity contribution < 1.29 is 129 Å². The molecule has 0 aromatic rings. The standard InChI is InChI=1S/C40H70O13.C25H44O8.C21H38O6/c1-33(2,3)27(41)48-21-39(22-49-28(42)34(4,5)6,23-50-29(43)35(7,8)9)19-47-20-40(24-51-30(44)36(10,11)12,25-52-31(45)37(13,14)15)26-53-32(46)38(16,17)18;1-21(2,3)17(26)30-13-25(14-31-18(27)22(4,5)6,15-32-19(28)23(7,8)9)16-33-20(29)24(10,11)12;1-11-21(12-25-15(22)18(2,3)4,13-26-16(23)19(5,6)7)14-27-17(24)20(8,9)10/h19-26H2,1-18H3;13-16H2,1-12H3;11-14H2,1-10H3. The lowest BCUT2D eigenvalue weighted by atomic mass is 9.87.